The number of halogens is 2. The number of aliphatic hydroxyl groups is 1. The molecule has 0 aliphatic carbocycles. The van der Waals surface area contributed by atoms with E-state index in [-0.39, 0.29) is 0 Å². The molecule has 1 N–H and O–H groups in total. The zero-order valence-corrected chi connectivity index (χ0v) is 11.2. The number of nitrogens with zero attached hydrogens (tertiary/aromatic N) is 2. The molecule has 18 heavy (non-hydrogen) atoms. The van der Waals surface area contributed by atoms with E-state index >= 15 is 0 Å². The van der Waals surface area contributed by atoms with Gasteiger partial charge in [0.1, 0.15) is 18.7 Å². The Kier molecular flexibility index (Phi) is 4.24. The summed E-state index contributed by atoms with van der Waals surface area (Å²) in [5.41, 5.74) is 0.560. The van der Waals surface area contributed by atoms with Gasteiger partial charge in [-0.2, -0.15) is 0 Å². The van der Waals surface area contributed by atoms with Crippen LogP contribution in [0.3, 0.4) is 0 Å². The Morgan fingerprint density at radius 1 is 1.44 bits per heavy atom. The van der Waals surface area contributed by atoms with Crippen LogP contribution in [-0.4, -0.2) is 21.8 Å². The van der Waals surface area contributed by atoms with Gasteiger partial charge in [0.2, 0.25) is 0 Å². The van der Waals surface area contributed by atoms with Crippen LogP contribution in [-0.2, 0) is 11.5 Å². The number of aromatic nitrogens is 2. The summed E-state index contributed by atoms with van der Waals surface area (Å²) in [5.74, 6) is 0.473. The summed E-state index contributed by atoms with van der Waals surface area (Å²) >= 11 is 11.9. The first-order chi connectivity index (χ1) is 8.63. The standard InChI is InChI=1S/C12H12Cl2N2O2/c1-18-7-16-5-4-15-12(16)11(17)9-3-2-8(13)6-10(9)14/h2-6,11,17H,7H2,1H3. The molecule has 0 amide bonds. The summed E-state index contributed by atoms with van der Waals surface area (Å²) in [7, 11) is 1.57. The first kappa shape index (κ1) is 13.4. The number of methoxy groups -OCH3 is 1. The minimum absolute atomic E-state index is 0.317. The highest BCUT2D eigenvalue weighted by atomic mass is 35.5. The Hall–Kier alpha value is -1.07. The maximum Gasteiger partial charge on any atom is 0.144 e. The minimum atomic E-state index is -0.917. The van der Waals surface area contributed by atoms with Crippen molar-refractivity contribution in [2.24, 2.45) is 0 Å². The predicted octanol–water partition coefficient (Wildman–Crippen LogP) is 2.88. The van der Waals surface area contributed by atoms with Crippen LogP contribution in [0.4, 0.5) is 0 Å². The molecular formula is C12H12Cl2N2O2. The topological polar surface area (TPSA) is 47.3 Å². The van der Waals surface area contributed by atoms with Gasteiger partial charge in [-0.05, 0) is 12.1 Å². The van der Waals surface area contributed by atoms with Crippen LogP contribution in [0, 0.1) is 0 Å². The molecule has 0 aliphatic rings. The molecule has 0 aliphatic heterocycles. The van der Waals surface area contributed by atoms with E-state index in [4.69, 9.17) is 27.9 Å². The number of aliphatic hydroxyl groups excluding tert-OH is 1. The van der Waals surface area contributed by atoms with Crippen LogP contribution >= 0.6 is 23.2 Å². The molecule has 0 spiro atoms. The molecular weight excluding hydrogens is 275 g/mol. The Bertz CT molecular complexity index is 543. The summed E-state index contributed by atoms with van der Waals surface area (Å²) in [5, 5.41) is 11.2. The van der Waals surface area contributed by atoms with Crippen LogP contribution in [0.25, 0.3) is 0 Å². The predicted molar refractivity (Wildman–Crippen MR) is 69.8 cm³/mol. The van der Waals surface area contributed by atoms with E-state index in [0.717, 1.165) is 0 Å². The number of hydrogen-bond acceptors (Lipinski definition) is 3. The van der Waals surface area contributed by atoms with Gasteiger partial charge in [-0.25, -0.2) is 4.98 Å². The van der Waals surface area contributed by atoms with Gasteiger partial charge in [-0.15, -0.1) is 0 Å². The lowest BCUT2D eigenvalue weighted by Crippen LogP contribution is -2.11. The highest BCUT2D eigenvalue weighted by Gasteiger charge is 2.18. The molecule has 1 aromatic carbocycles. The number of imidazole rings is 1. The second-order valence-corrected chi connectivity index (χ2v) is 4.59. The molecule has 6 heteroatoms. The molecule has 4 nitrogen and oxygen atoms in total. The minimum Gasteiger partial charge on any atom is -0.380 e. The summed E-state index contributed by atoms with van der Waals surface area (Å²) in [6.07, 6.45) is 2.41. The van der Waals surface area contributed by atoms with E-state index in [1.807, 2.05) is 0 Å². The van der Waals surface area contributed by atoms with Gasteiger partial charge >= 0.3 is 0 Å². The zero-order valence-electron chi connectivity index (χ0n) is 9.68. The highest BCUT2D eigenvalue weighted by molar-refractivity contribution is 6.35. The number of benzene rings is 1. The Labute approximate surface area is 115 Å². The molecule has 0 fully saturated rings. The van der Waals surface area contributed by atoms with E-state index in [1.165, 1.54) is 0 Å². The molecule has 2 rings (SSSR count). The molecule has 0 saturated heterocycles. The summed E-state index contributed by atoms with van der Waals surface area (Å²) in [4.78, 5) is 4.12. The van der Waals surface area contributed by atoms with Crippen molar-refractivity contribution in [3.63, 3.8) is 0 Å². The SMILES string of the molecule is COCn1ccnc1C(O)c1ccc(Cl)cc1Cl. The molecule has 2 aromatic rings. The van der Waals surface area contributed by atoms with Gasteiger partial charge < -0.3 is 14.4 Å². The largest absolute Gasteiger partial charge is 0.380 e. The Morgan fingerprint density at radius 3 is 2.89 bits per heavy atom. The van der Waals surface area contributed by atoms with Crippen LogP contribution in [0.2, 0.25) is 10.0 Å². The maximum absolute atomic E-state index is 10.3. The molecule has 1 atom stereocenters. The van der Waals surface area contributed by atoms with Crippen molar-refractivity contribution in [2.45, 2.75) is 12.8 Å². The molecule has 0 radical (unpaired) electrons. The third kappa shape index (κ3) is 2.67. The lowest BCUT2D eigenvalue weighted by molar-refractivity contribution is 0.117. The van der Waals surface area contributed by atoms with Crippen molar-refractivity contribution >= 4 is 23.2 Å². The van der Waals surface area contributed by atoms with Crippen LogP contribution in [0.1, 0.15) is 17.5 Å². The van der Waals surface area contributed by atoms with E-state index < -0.39 is 6.10 Å². The Morgan fingerprint density at radius 2 is 2.22 bits per heavy atom. The fourth-order valence-electron chi connectivity index (χ4n) is 1.68. The van der Waals surface area contributed by atoms with Crippen molar-refractivity contribution in [1.82, 2.24) is 9.55 Å². The van der Waals surface area contributed by atoms with Crippen molar-refractivity contribution in [2.75, 3.05) is 7.11 Å². The quantitative estimate of drug-likeness (QED) is 0.940. The van der Waals surface area contributed by atoms with E-state index in [2.05, 4.69) is 4.98 Å². The molecule has 1 aromatic heterocycles. The normalized spacial score (nSPS) is 12.7. The first-order valence-electron chi connectivity index (χ1n) is 5.26. The number of ether oxygens (including phenoxy) is 1. The van der Waals surface area contributed by atoms with Crippen molar-refractivity contribution in [3.05, 3.63) is 52.0 Å². The van der Waals surface area contributed by atoms with Crippen LogP contribution in [0.5, 0.6) is 0 Å². The third-order valence-electron chi connectivity index (χ3n) is 2.52. The van der Waals surface area contributed by atoms with Gasteiger partial charge in [0.05, 0.1) is 0 Å². The Balaban J connectivity index is 2.35. The maximum atomic E-state index is 10.3. The second-order valence-electron chi connectivity index (χ2n) is 3.74. The average molecular weight is 287 g/mol. The first-order valence-corrected chi connectivity index (χ1v) is 6.02. The van der Waals surface area contributed by atoms with Crippen LogP contribution in [0.15, 0.2) is 30.6 Å². The van der Waals surface area contributed by atoms with Gasteiger partial charge in [-0.3, -0.25) is 0 Å². The average Bonchev–Trinajstić information content (AvgIpc) is 2.77. The van der Waals surface area contributed by atoms with E-state index in [1.54, 1.807) is 42.3 Å². The smallest absolute Gasteiger partial charge is 0.144 e. The fraction of sp³-hybridized carbons (Fsp3) is 0.250. The lowest BCUT2D eigenvalue weighted by Gasteiger charge is -2.14. The summed E-state index contributed by atoms with van der Waals surface area (Å²) in [6.45, 7) is 0.317. The summed E-state index contributed by atoms with van der Waals surface area (Å²) in [6, 6.07) is 4.95. The van der Waals surface area contributed by atoms with E-state index in [9.17, 15) is 5.11 Å². The number of hydrogen-bond donors (Lipinski definition) is 1. The highest BCUT2D eigenvalue weighted by Crippen LogP contribution is 2.29. The van der Waals surface area contributed by atoms with E-state index in [0.29, 0.717) is 28.2 Å². The monoisotopic (exact) mass is 286 g/mol. The van der Waals surface area contributed by atoms with Crippen LogP contribution < -0.4 is 0 Å². The lowest BCUT2D eigenvalue weighted by atomic mass is 10.1. The molecule has 1 heterocycles. The molecule has 1 unspecified atom stereocenters. The molecule has 0 saturated carbocycles. The van der Waals surface area contributed by atoms with Gasteiger partial charge in [0, 0.05) is 35.1 Å². The summed E-state index contributed by atoms with van der Waals surface area (Å²) < 4.78 is 6.72. The van der Waals surface area contributed by atoms with Crippen molar-refractivity contribution < 1.29 is 9.84 Å². The fourth-order valence-corrected chi connectivity index (χ4v) is 2.19. The molecule has 96 valence electrons. The van der Waals surface area contributed by atoms with Gasteiger partial charge in [0.25, 0.3) is 0 Å². The van der Waals surface area contributed by atoms with Gasteiger partial charge in [-0.1, -0.05) is 29.3 Å². The number of rotatable bonds is 4. The van der Waals surface area contributed by atoms with Crippen molar-refractivity contribution in [3.8, 4) is 0 Å². The van der Waals surface area contributed by atoms with Gasteiger partial charge in [0.15, 0.2) is 0 Å². The zero-order chi connectivity index (χ0) is 13.1. The van der Waals surface area contributed by atoms with Crippen molar-refractivity contribution in [1.29, 1.82) is 0 Å². The third-order valence-corrected chi connectivity index (χ3v) is 3.08. The molecule has 0 bridgehead atoms. The second kappa shape index (κ2) is 5.71.